The molecule has 3 rings (SSSR count). The summed E-state index contributed by atoms with van der Waals surface area (Å²) in [6.07, 6.45) is 2.08. The molecule has 2 heterocycles. The Bertz CT molecular complexity index is 961. The zero-order valence-electron chi connectivity index (χ0n) is 13.3. The van der Waals surface area contributed by atoms with Crippen LogP contribution in [0.25, 0.3) is 5.65 Å². The molecule has 0 aliphatic heterocycles. The van der Waals surface area contributed by atoms with E-state index >= 15 is 0 Å². The molecule has 1 amide bonds. The number of nitrogens with one attached hydrogen (secondary N) is 2. The summed E-state index contributed by atoms with van der Waals surface area (Å²) < 4.78 is 1.56. The molecule has 0 fully saturated rings. The highest BCUT2D eigenvalue weighted by Gasteiger charge is 2.17. The minimum absolute atomic E-state index is 0.208. The number of carbonyl (C=O) groups is 1. The first-order valence-corrected chi connectivity index (χ1v) is 8.03. The van der Waals surface area contributed by atoms with E-state index < -0.39 is 0 Å². The van der Waals surface area contributed by atoms with E-state index in [1.54, 1.807) is 10.6 Å². The number of halogens is 1. The van der Waals surface area contributed by atoms with E-state index in [2.05, 4.69) is 15.4 Å². The number of amides is 1. The summed E-state index contributed by atoms with van der Waals surface area (Å²) in [5.74, 6) is -0.247. The zero-order valence-corrected chi connectivity index (χ0v) is 14.1. The molecule has 0 bridgehead atoms. The van der Waals surface area contributed by atoms with Crippen LogP contribution in [-0.4, -0.2) is 20.5 Å². The summed E-state index contributed by atoms with van der Waals surface area (Å²) >= 11 is 6.00. The van der Waals surface area contributed by atoms with Crippen molar-refractivity contribution in [2.24, 2.45) is 0 Å². The Morgan fingerprint density at radius 1 is 1.42 bits per heavy atom. The van der Waals surface area contributed by atoms with Gasteiger partial charge in [-0.05, 0) is 31.0 Å². The minimum atomic E-state index is -0.248. The van der Waals surface area contributed by atoms with Crippen molar-refractivity contribution in [2.45, 2.75) is 26.3 Å². The molecule has 1 aromatic carbocycles. The monoisotopic (exact) mass is 344 g/mol. The van der Waals surface area contributed by atoms with Crippen molar-refractivity contribution >= 4 is 23.2 Å². The second-order valence-electron chi connectivity index (χ2n) is 5.54. The summed E-state index contributed by atoms with van der Waals surface area (Å²) in [4.78, 5) is 28.3. The molecule has 0 saturated carbocycles. The molecular weight excluding hydrogens is 328 g/mol. The van der Waals surface area contributed by atoms with Gasteiger partial charge >= 0.3 is 0 Å². The van der Waals surface area contributed by atoms with Gasteiger partial charge in [0.2, 0.25) is 0 Å². The molecule has 2 N–H and O–H groups in total. The lowest BCUT2D eigenvalue weighted by atomic mass is 10.1. The van der Waals surface area contributed by atoms with Gasteiger partial charge in [-0.3, -0.25) is 14.7 Å². The van der Waals surface area contributed by atoms with Crippen molar-refractivity contribution in [3.8, 4) is 0 Å². The summed E-state index contributed by atoms with van der Waals surface area (Å²) in [6, 6.07) is 8.54. The van der Waals surface area contributed by atoms with E-state index in [1.165, 1.54) is 12.3 Å². The number of aromatic amines is 1. The molecule has 2 aromatic heterocycles. The van der Waals surface area contributed by atoms with E-state index in [9.17, 15) is 9.59 Å². The highest BCUT2D eigenvalue weighted by atomic mass is 35.5. The van der Waals surface area contributed by atoms with Crippen LogP contribution in [0.2, 0.25) is 5.02 Å². The van der Waals surface area contributed by atoms with Crippen LogP contribution >= 0.6 is 11.6 Å². The standard InChI is InChI=1S/C17H17ClN4O2/c1-3-14-13(9-19-15-8-16(23)21-22(14)15)17(24)20-10(2)11-5-4-6-12(18)7-11/h4-10H,3H2,1-2H3,(H,20,24)(H,21,23)/t10-/m0/s1. The lowest BCUT2D eigenvalue weighted by Gasteiger charge is -2.16. The third-order valence-electron chi connectivity index (χ3n) is 3.89. The number of nitrogens with zero attached hydrogens (tertiary/aromatic N) is 2. The van der Waals surface area contributed by atoms with Gasteiger partial charge in [0.05, 0.1) is 17.3 Å². The normalized spacial score (nSPS) is 12.3. The summed E-state index contributed by atoms with van der Waals surface area (Å²) in [7, 11) is 0. The van der Waals surface area contributed by atoms with Crippen LogP contribution in [0.1, 0.15) is 41.5 Å². The third kappa shape index (κ3) is 3.05. The number of fused-ring (bicyclic) bond motifs is 1. The van der Waals surface area contributed by atoms with Crippen LogP contribution in [0.4, 0.5) is 0 Å². The van der Waals surface area contributed by atoms with E-state index in [0.717, 1.165) is 5.56 Å². The Hall–Kier alpha value is -2.60. The van der Waals surface area contributed by atoms with Gasteiger partial charge in [0.1, 0.15) is 0 Å². The Kier molecular flexibility index (Phi) is 4.40. The van der Waals surface area contributed by atoms with Gasteiger partial charge < -0.3 is 5.32 Å². The van der Waals surface area contributed by atoms with Gasteiger partial charge in [0, 0.05) is 17.3 Å². The lowest BCUT2D eigenvalue weighted by Crippen LogP contribution is -2.28. The van der Waals surface area contributed by atoms with Gasteiger partial charge in [-0.1, -0.05) is 30.7 Å². The molecule has 0 saturated heterocycles. The first kappa shape index (κ1) is 16.3. The quantitative estimate of drug-likeness (QED) is 0.763. The number of rotatable bonds is 4. The average Bonchev–Trinajstić information content (AvgIpc) is 2.93. The van der Waals surface area contributed by atoms with Crippen LogP contribution in [0.3, 0.4) is 0 Å². The van der Waals surface area contributed by atoms with E-state index in [0.29, 0.717) is 28.3 Å². The Morgan fingerprint density at radius 3 is 2.92 bits per heavy atom. The number of H-pyrrole nitrogens is 1. The number of hydrogen-bond donors (Lipinski definition) is 2. The molecule has 0 spiro atoms. The molecular formula is C17H17ClN4O2. The van der Waals surface area contributed by atoms with E-state index in [-0.39, 0.29) is 17.5 Å². The van der Waals surface area contributed by atoms with Crippen LogP contribution in [0, 0.1) is 0 Å². The number of carbonyl (C=O) groups excluding carboxylic acids is 1. The SMILES string of the molecule is CCc1c(C(=O)N[C@@H](C)c2cccc(Cl)c2)cnc2cc(=O)[nH]n12. The molecule has 0 radical (unpaired) electrons. The summed E-state index contributed by atoms with van der Waals surface area (Å²) in [5, 5.41) is 6.23. The zero-order chi connectivity index (χ0) is 17.3. The van der Waals surface area contributed by atoms with Crippen molar-refractivity contribution in [3.05, 3.63) is 68.7 Å². The molecule has 7 heteroatoms. The number of aryl methyl sites for hydroxylation is 1. The highest BCUT2D eigenvalue weighted by molar-refractivity contribution is 6.30. The first-order chi connectivity index (χ1) is 11.5. The minimum Gasteiger partial charge on any atom is -0.345 e. The number of benzene rings is 1. The molecule has 0 unspecified atom stereocenters. The Morgan fingerprint density at radius 2 is 2.21 bits per heavy atom. The summed E-state index contributed by atoms with van der Waals surface area (Å²) in [5.41, 5.74) is 2.30. The van der Waals surface area contributed by atoms with Crippen molar-refractivity contribution in [1.82, 2.24) is 19.9 Å². The van der Waals surface area contributed by atoms with Gasteiger partial charge in [-0.15, -0.1) is 0 Å². The van der Waals surface area contributed by atoms with Gasteiger partial charge in [0.25, 0.3) is 11.5 Å². The maximum absolute atomic E-state index is 12.7. The van der Waals surface area contributed by atoms with E-state index in [4.69, 9.17) is 11.6 Å². The number of hydrogen-bond acceptors (Lipinski definition) is 3. The van der Waals surface area contributed by atoms with Crippen molar-refractivity contribution in [2.75, 3.05) is 0 Å². The van der Waals surface area contributed by atoms with Gasteiger partial charge in [-0.25, -0.2) is 9.50 Å². The predicted octanol–water partition coefficient (Wildman–Crippen LogP) is 2.73. The number of aromatic nitrogens is 3. The van der Waals surface area contributed by atoms with Crippen molar-refractivity contribution in [1.29, 1.82) is 0 Å². The predicted molar refractivity (Wildman–Crippen MR) is 92.5 cm³/mol. The molecule has 24 heavy (non-hydrogen) atoms. The van der Waals surface area contributed by atoms with Gasteiger partial charge in [-0.2, -0.15) is 0 Å². The van der Waals surface area contributed by atoms with Crippen molar-refractivity contribution in [3.63, 3.8) is 0 Å². The highest BCUT2D eigenvalue weighted by Crippen LogP contribution is 2.18. The maximum Gasteiger partial charge on any atom is 0.266 e. The smallest absolute Gasteiger partial charge is 0.266 e. The van der Waals surface area contributed by atoms with Gasteiger partial charge in [0.15, 0.2) is 5.65 Å². The molecule has 6 nitrogen and oxygen atoms in total. The van der Waals surface area contributed by atoms with E-state index in [1.807, 2.05) is 32.0 Å². The molecule has 1 atom stereocenters. The van der Waals surface area contributed by atoms with Crippen LogP contribution in [0.15, 0.2) is 41.3 Å². The van der Waals surface area contributed by atoms with Crippen molar-refractivity contribution < 1.29 is 4.79 Å². The van der Waals surface area contributed by atoms with Crippen LogP contribution in [0.5, 0.6) is 0 Å². The topological polar surface area (TPSA) is 79.3 Å². The lowest BCUT2D eigenvalue weighted by molar-refractivity contribution is 0.0938. The largest absolute Gasteiger partial charge is 0.345 e. The molecule has 0 aliphatic rings. The van der Waals surface area contributed by atoms with Crippen LogP contribution in [-0.2, 0) is 6.42 Å². The second kappa shape index (κ2) is 6.49. The Balaban J connectivity index is 1.92. The van der Waals surface area contributed by atoms with Crippen LogP contribution < -0.4 is 10.9 Å². The fourth-order valence-electron chi connectivity index (χ4n) is 2.68. The Labute approximate surface area is 143 Å². The molecule has 124 valence electrons. The average molecular weight is 345 g/mol. The second-order valence-corrected chi connectivity index (χ2v) is 5.97. The maximum atomic E-state index is 12.7. The fraction of sp³-hybridized carbons (Fsp3) is 0.235. The first-order valence-electron chi connectivity index (χ1n) is 7.65. The fourth-order valence-corrected chi connectivity index (χ4v) is 2.88. The molecule has 3 aromatic rings. The summed E-state index contributed by atoms with van der Waals surface area (Å²) in [6.45, 7) is 3.81. The molecule has 0 aliphatic carbocycles. The third-order valence-corrected chi connectivity index (χ3v) is 4.13.